The van der Waals surface area contributed by atoms with Crippen molar-refractivity contribution in [2.75, 3.05) is 26.8 Å². The van der Waals surface area contributed by atoms with Crippen LogP contribution in [0, 0.1) is 12.3 Å². The number of unbranched alkanes of at least 4 members (excludes halogenated alkanes) is 2. The SMILES string of the molecule is C#CCN1C=C[N+](C)(CCCCC)C1.F[P-](F)(F)(F)(F)F. The Morgan fingerprint density at radius 3 is 2.14 bits per heavy atom. The van der Waals surface area contributed by atoms with Crippen LogP contribution in [0.2, 0.25) is 0 Å². The van der Waals surface area contributed by atoms with Crippen LogP contribution >= 0.6 is 7.81 Å². The Labute approximate surface area is 121 Å². The molecule has 1 atom stereocenters. The van der Waals surface area contributed by atoms with Crippen LogP contribution in [0.1, 0.15) is 26.2 Å². The molecule has 126 valence electrons. The fraction of sp³-hybridized carbons (Fsp3) is 0.667. The summed E-state index contributed by atoms with van der Waals surface area (Å²) >= 11 is 0. The maximum absolute atomic E-state index is 10.7. The number of quaternary nitrogens is 1. The van der Waals surface area contributed by atoms with Gasteiger partial charge in [-0.05, 0) is 12.8 Å². The molecule has 0 aromatic carbocycles. The first-order valence-electron chi connectivity index (χ1n) is 6.43. The van der Waals surface area contributed by atoms with Crippen molar-refractivity contribution in [3.8, 4) is 12.3 Å². The second-order valence-electron chi connectivity index (χ2n) is 5.26. The first-order valence-corrected chi connectivity index (χ1v) is 8.45. The Morgan fingerprint density at radius 2 is 1.71 bits per heavy atom. The molecule has 2 nitrogen and oxygen atoms in total. The van der Waals surface area contributed by atoms with Crippen molar-refractivity contribution in [2.24, 2.45) is 0 Å². The van der Waals surface area contributed by atoms with Crippen LogP contribution in [0.3, 0.4) is 0 Å². The summed E-state index contributed by atoms with van der Waals surface area (Å²) in [5.74, 6) is 2.68. The van der Waals surface area contributed by atoms with Gasteiger partial charge in [-0.3, -0.25) is 4.48 Å². The van der Waals surface area contributed by atoms with E-state index in [9.17, 15) is 25.2 Å². The van der Waals surface area contributed by atoms with E-state index in [4.69, 9.17) is 6.42 Å². The summed E-state index contributed by atoms with van der Waals surface area (Å²) in [7, 11) is -8.39. The van der Waals surface area contributed by atoms with Gasteiger partial charge >= 0.3 is 33.0 Å². The third-order valence-electron chi connectivity index (χ3n) is 2.71. The fourth-order valence-electron chi connectivity index (χ4n) is 1.85. The Balaban J connectivity index is 0.000000486. The number of hydrogen-bond donors (Lipinski definition) is 0. The third-order valence-corrected chi connectivity index (χ3v) is 2.71. The summed E-state index contributed by atoms with van der Waals surface area (Å²) in [5.41, 5.74) is 0. The summed E-state index contributed by atoms with van der Waals surface area (Å²) in [6.07, 6.45) is 13.6. The fourth-order valence-corrected chi connectivity index (χ4v) is 1.85. The molecule has 0 radical (unpaired) electrons. The van der Waals surface area contributed by atoms with Crippen molar-refractivity contribution in [1.82, 2.24) is 4.90 Å². The summed E-state index contributed by atoms with van der Waals surface area (Å²) in [6, 6.07) is 0. The Kier molecular flexibility index (Phi) is 5.79. The Morgan fingerprint density at radius 1 is 1.19 bits per heavy atom. The van der Waals surface area contributed by atoms with Gasteiger partial charge in [0, 0.05) is 0 Å². The number of hydrogen-bond acceptors (Lipinski definition) is 1. The zero-order chi connectivity index (χ0) is 16.8. The van der Waals surface area contributed by atoms with Crippen molar-refractivity contribution in [3.05, 3.63) is 12.4 Å². The van der Waals surface area contributed by atoms with Gasteiger partial charge in [-0.2, -0.15) is 0 Å². The summed E-state index contributed by atoms with van der Waals surface area (Å²) < 4.78 is 60.2. The van der Waals surface area contributed by atoms with Gasteiger partial charge in [0.25, 0.3) is 0 Å². The standard InChI is InChI=1S/C12H21N2.F6P/c1-4-6-7-10-14(3)11-9-13(12-14)8-5-2;1-7(2,3,4,5)6/h2,9,11H,4,6-8,10,12H2,1,3H3;/q+1;-1. The molecule has 1 rings (SSSR count). The van der Waals surface area contributed by atoms with E-state index in [2.05, 4.69) is 37.2 Å². The van der Waals surface area contributed by atoms with Gasteiger partial charge in [0.15, 0.2) is 6.67 Å². The topological polar surface area (TPSA) is 3.24 Å². The second kappa shape index (κ2) is 6.05. The molecule has 0 spiro atoms. The predicted molar refractivity (Wildman–Crippen MR) is 73.7 cm³/mol. The van der Waals surface area contributed by atoms with Gasteiger partial charge in [-0.25, -0.2) is 0 Å². The van der Waals surface area contributed by atoms with Gasteiger partial charge in [-0.15, -0.1) is 6.42 Å². The molecule has 0 aromatic rings. The van der Waals surface area contributed by atoms with Crippen molar-refractivity contribution in [1.29, 1.82) is 0 Å². The molecule has 0 aromatic heterocycles. The van der Waals surface area contributed by atoms with Crippen LogP contribution in [-0.4, -0.2) is 36.2 Å². The normalized spacial score (nSPS) is 24.6. The molecule has 1 aliphatic rings. The van der Waals surface area contributed by atoms with E-state index in [1.54, 1.807) is 0 Å². The van der Waals surface area contributed by atoms with Crippen molar-refractivity contribution >= 4 is 7.81 Å². The maximum atomic E-state index is 9.87. The van der Waals surface area contributed by atoms with Gasteiger partial charge in [0.1, 0.15) is 6.20 Å². The van der Waals surface area contributed by atoms with Crippen LogP contribution in [0.25, 0.3) is 0 Å². The van der Waals surface area contributed by atoms with Crippen LogP contribution in [0.4, 0.5) is 25.2 Å². The van der Waals surface area contributed by atoms with E-state index in [1.807, 2.05) is 0 Å². The van der Waals surface area contributed by atoms with E-state index >= 15 is 0 Å². The summed E-state index contributed by atoms with van der Waals surface area (Å²) in [5, 5.41) is 0. The third kappa shape index (κ3) is 15.3. The van der Waals surface area contributed by atoms with Crippen molar-refractivity contribution in [3.63, 3.8) is 0 Å². The molecule has 0 amide bonds. The van der Waals surface area contributed by atoms with Crippen LogP contribution < -0.4 is 0 Å². The average Bonchev–Trinajstić information content (AvgIpc) is 2.57. The van der Waals surface area contributed by atoms with Gasteiger partial charge in [-0.1, -0.05) is 19.3 Å². The van der Waals surface area contributed by atoms with E-state index in [-0.39, 0.29) is 0 Å². The summed E-state index contributed by atoms with van der Waals surface area (Å²) in [4.78, 5) is 2.20. The van der Waals surface area contributed by atoms with Crippen LogP contribution in [0.15, 0.2) is 12.4 Å². The van der Waals surface area contributed by atoms with Crippen molar-refractivity contribution in [2.45, 2.75) is 26.2 Å². The molecule has 0 N–H and O–H groups in total. The van der Waals surface area contributed by atoms with E-state index in [0.29, 0.717) is 0 Å². The molecular formula is C12H21F6N2P. The first-order chi connectivity index (χ1) is 9.15. The van der Waals surface area contributed by atoms with E-state index < -0.39 is 7.81 Å². The van der Waals surface area contributed by atoms with Crippen LogP contribution in [-0.2, 0) is 0 Å². The number of terminal acetylenes is 1. The molecule has 0 aliphatic carbocycles. The molecule has 1 aliphatic heterocycles. The zero-order valence-corrected chi connectivity index (χ0v) is 13.0. The number of halogens is 6. The molecule has 9 heteroatoms. The monoisotopic (exact) mass is 338 g/mol. The Hall–Kier alpha value is -0.930. The molecule has 1 unspecified atom stereocenters. The first kappa shape index (κ1) is 20.1. The molecular weight excluding hydrogens is 317 g/mol. The zero-order valence-electron chi connectivity index (χ0n) is 12.1. The Bertz CT molecular complexity index is 399. The summed E-state index contributed by atoms with van der Waals surface area (Å²) in [6.45, 7) is 5.24. The molecule has 0 fully saturated rings. The second-order valence-corrected chi connectivity index (χ2v) is 7.18. The molecule has 0 bridgehead atoms. The predicted octanol–water partition coefficient (Wildman–Crippen LogP) is 5.38. The van der Waals surface area contributed by atoms with Gasteiger partial charge in [0.2, 0.25) is 0 Å². The van der Waals surface area contributed by atoms with E-state index in [1.165, 1.54) is 25.8 Å². The van der Waals surface area contributed by atoms with Crippen LogP contribution in [0.5, 0.6) is 0 Å². The average molecular weight is 338 g/mol. The molecule has 1 heterocycles. The minimum atomic E-state index is -10.7. The van der Waals surface area contributed by atoms with Crippen molar-refractivity contribution < 1.29 is 29.7 Å². The minimum absolute atomic E-state index is 0.734. The number of nitrogens with zero attached hydrogens (tertiary/aromatic N) is 2. The number of rotatable bonds is 5. The van der Waals surface area contributed by atoms with Gasteiger partial charge in [0.05, 0.1) is 26.3 Å². The van der Waals surface area contributed by atoms with E-state index in [0.717, 1.165) is 17.7 Å². The van der Waals surface area contributed by atoms with Gasteiger partial charge < -0.3 is 4.90 Å². The molecule has 21 heavy (non-hydrogen) atoms. The molecule has 0 saturated heterocycles. The quantitative estimate of drug-likeness (QED) is 0.214. The molecule has 0 saturated carbocycles.